The standard InChI is InChI=1S/C27H42N2O6/c1-17(2)29-25(33)35-23-12-13-26(3)19(20(31)10-11-22(26)27(23,4)16-30)14-24(32)28-15-18-8-6-7-9-21(18)34-5/h6-9,17,19-20,22-23,30-31H,10-16H2,1-5H3,(H,28,32)(H,29,33)/t19-,20-,22-,23-,26+,27+/m1/s1. The number of aliphatic hydroxyl groups is 2. The molecule has 1 aromatic rings. The number of fused-ring (bicyclic) bond motifs is 1. The second-order valence-corrected chi connectivity index (χ2v) is 11.0. The summed E-state index contributed by atoms with van der Waals surface area (Å²) >= 11 is 0. The van der Waals surface area contributed by atoms with Crippen LogP contribution < -0.4 is 15.4 Å². The summed E-state index contributed by atoms with van der Waals surface area (Å²) in [6.07, 6.45) is 1.22. The number of para-hydroxylation sites is 1. The Morgan fingerprint density at radius 3 is 2.54 bits per heavy atom. The lowest BCUT2D eigenvalue weighted by Crippen LogP contribution is -2.61. The minimum atomic E-state index is -0.659. The summed E-state index contributed by atoms with van der Waals surface area (Å²) in [7, 11) is 1.60. The lowest BCUT2D eigenvalue weighted by Gasteiger charge is -2.60. The highest BCUT2D eigenvalue weighted by atomic mass is 16.6. The highest BCUT2D eigenvalue weighted by Gasteiger charge is 2.60. The lowest BCUT2D eigenvalue weighted by atomic mass is 9.46. The van der Waals surface area contributed by atoms with Crippen LogP contribution in [0.15, 0.2) is 24.3 Å². The molecule has 0 heterocycles. The topological polar surface area (TPSA) is 117 Å². The summed E-state index contributed by atoms with van der Waals surface area (Å²) in [5, 5.41) is 27.2. The van der Waals surface area contributed by atoms with Crippen molar-refractivity contribution < 1.29 is 29.3 Å². The number of rotatable bonds is 8. The second-order valence-electron chi connectivity index (χ2n) is 11.0. The zero-order valence-electron chi connectivity index (χ0n) is 21.7. The van der Waals surface area contributed by atoms with Gasteiger partial charge in [0.2, 0.25) is 5.91 Å². The number of aliphatic hydroxyl groups excluding tert-OH is 2. The molecule has 6 atom stereocenters. The molecule has 3 rings (SSSR count). The number of hydrogen-bond donors (Lipinski definition) is 4. The Hall–Kier alpha value is -2.32. The van der Waals surface area contributed by atoms with Crippen LogP contribution in [0.2, 0.25) is 0 Å². The molecule has 0 spiro atoms. The Morgan fingerprint density at radius 1 is 1.17 bits per heavy atom. The summed E-state index contributed by atoms with van der Waals surface area (Å²) in [6, 6.07) is 7.51. The smallest absolute Gasteiger partial charge is 0.407 e. The van der Waals surface area contributed by atoms with Crippen LogP contribution in [0.3, 0.4) is 0 Å². The molecule has 0 radical (unpaired) electrons. The van der Waals surface area contributed by atoms with Gasteiger partial charge < -0.3 is 30.3 Å². The van der Waals surface area contributed by atoms with E-state index in [1.807, 2.05) is 45.0 Å². The fraction of sp³-hybridized carbons (Fsp3) is 0.704. The second kappa shape index (κ2) is 11.2. The number of amides is 2. The molecule has 0 unspecified atom stereocenters. The molecular formula is C27H42N2O6. The van der Waals surface area contributed by atoms with Gasteiger partial charge in [0.1, 0.15) is 11.9 Å². The van der Waals surface area contributed by atoms with E-state index in [4.69, 9.17) is 9.47 Å². The fourth-order valence-corrected chi connectivity index (χ4v) is 6.49. The van der Waals surface area contributed by atoms with Crippen LogP contribution in [0.4, 0.5) is 4.79 Å². The number of alkyl carbamates (subject to hydrolysis) is 1. The maximum atomic E-state index is 13.0. The molecule has 0 bridgehead atoms. The van der Waals surface area contributed by atoms with Crippen molar-refractivity contribution in [2.45, 2.75) is 84.6 Å². The van der Waals surface area contributed by atoms with Crippen LogP contribution in [0.5, 0.6) is 5.75 Å². The van der Waals surface area contributed by atoms with Crippen molar-refractivity contribution >= 4 is 12.0 Å². The van der Waals surface area contributed by atoms with Crippen molar-refractivity contribution in [3.8, 4) is 5.75 Å². The first-order valence-electron chi connectivity index (χ1n) is 12.7. The quantitative estimate of drug-likeness (QED) is 0.444. The molecule has 196 valence electrons. The molecule has 8 heteroatoms. The van der Waals surface area contributed by atoms with Gasteiger partial charge in [-0.25, -0.2) is 4.79 Å². The maximum absolute atomic E-state index is 13.0. The molecule has 0 aliphatic heterocycles. The van der Waals surface area contributed by atoms with Gasteiger partial charge in [-0.15, -0.1) is 0 Å². The van der Waals surface area contributed by atoms with E-state index < -0.39 is 23.7 Å². The van der Waals surface area contributed by atoms with Crippen molar-refractivity contribution in [2.75, 3.05) is 13.7 Å². The molecule has 2 aliphatic rings. The van der Waals surface area contributed by atoms with Crippen LogP contribution in [-0.2, 0) is 16.1 Å². The Labute approximate surface area is 208 Å². The van der Waals surface area contributed by atoms with E-state index in [1.165, 1.54) is 0 Å². The first-order valence-corrected chi connectivity index (χ1v) is 12.7. The van der Waals surface area contributed by atoms with Crippen LogP contribution in [0, 0.1) is 22.7 Å². The van der Waals surface area contributed by atoms with Crippen LogP contribution in [-0.4, -0.2) is 54.2 Å². The minimum absolute atomic E-state index is 0.000942. The van der Waals surface area contributed by atoms with Crippen molar-refractivity contribution in [1.82, 2.24) is 10.6 Å². The molecule has 35 heavy (non-hydrogen) atoms. The van der Waals surface area contributed by atoms with E-state index in [1.54, 1.807) is 7.11 Å². The Morgan fingerprint density at radius 2 is 1.89 bits per heavy atom. The highest BCUT2D eigenvalue weighted by Crippen LogP contribution is 2.61. The predicted octanol–water partition coefficient (Wildman–Crippen LogP) is 3.39. The monoisotopic (exact) mass is 490 g/mol. The number of carbonyl (C=O) groups excluding carboxylic acids is 2. The predicted molar refractivity (Wildman–Crippen MR) is 133 cm³/mol. The number of hydrogen-bond acceptors (Lipinski definition) is 6. The number of carbonyl (C=O) groups is 2. The molecule has 4 N–H and O–H groups in total. The molecule has 8 nitrogen and oxygen atoms in total. The van der Waals surface area contributed by atoms with Crippen LogP contribution in [0.25, 0.3) is 0 Å². The van der Waals surface area contributed by atoms with Gasteiger partial charge in [0.15, 0.2) is 0 Å². The fourth-order valence-electron chi connectivity index (χ4n) is 6.49. The van der Waals surface area contributed by atoms with Gasteiger partial charge in [0, 0.05) is 30.0 Å². The molecule has 2 aliphatic carbocycles. The van der Waals surface area contributed by atoms with Crippen LogP contribution >= 0.6 is 0 Å². The first kappa shape index (κ1) is 27.3. The number of benzene rings is 1. The molecular weight excluding hydrogens is 448 g/mol. The summed E-state index contributed by atoms with van der Waals surface area (Å²) in [6.45, 7) is 8.05. The van der Waals surface area contributed by atoms with Crippen molar-refractivity contribution in [3.05, 3.63) is 29.8 Å². The van der Waals surface area contributed by atoms with Crippen molar-refractivity contribution in [2.24, 2.45) is 22.7 Å². The highest BCUT2D eigenvalue weighted by molar-refractivity contribution is 5.76. The molecule has 2 fully saturated rings. The minimum Gasteiger partial charge on any atom is -0.496 e. The van der Waals surface area contributed by atoms with E-state index in [0.717, 1.165) is 11.3 Å². The SMILES string of the molecule is COc1ccccc1CNC(=O)C[C@@H]1[C@H](O)CC[C@H]2[C@](C)(CO)[C@H](OC(=O)NC(C)C)CC[C@]21C. The summed E-state index contributed by atoms with van der Waals surface area (Å²) in [4.78, 5) is 25.3. The maximum Gasteiger partial charge on any atom is 0.407 e. The van der Waals surface area contributed by atoms with E-state index in [0.29, 0.717) is 32.2 Å². The summed E-state index contributed by atoms with van der Waals surface area (Å²) in [5.74, 6) is 0.342. The average Bonchev–Trinajstić information content (AvgIpc) is 2.81. The average molecular weight is 491 g/mol. The van der Waals surface area contributed by atoms with E-state index in [9.17, 15) is 19.8 Å². The number of ether oxygens (including phenoxy) is 2. The van der Waals surface area contributed by atoms with Gasteiger partial charge in [-0.2, -0.15) is 0 Å². The Bertz CT molecular complexity index is 892. The number of methoxy groups -OCH3 is 1. The molecule has 2 amide bonds. The van der Waals surface area contributed by atoms with Gasteiger partial charge >= 0.3 is 6.09 Å². The zero-order chi connectivity index (χ0) is 25.8. The lowest BCUT2D eigenvalue weighted by molar-refractivity contribution is -0.186. The van der Waals surface area contributed by atoms with E-state index in [2.05, 4.69) is 17.6 Å². The van der Waals surface area contributed by atoms with Gasteiger partial charge in [-0.05, 0) is 62.8 Å². The molecule has 2 saturated carbocycles. The van der Waals surface area contributed by atoms with Crippen molar-refractivity contribution in [1.29, 1.82) is 0 Å². The largest absolute Gasteiger partial charge is 0.496 e. The van der Waals surface area contributed by atoms with Gasteiger partial charge in [0.05, 0.1) is 19.8 Å². The summed E-state index contributed by atoms with van der Waals surface area (Å²) < 4.78 is 11.2. The number of nitrogens with one attached hydrogen (secondary N) is 2. The first-order chi connectivity index (χ1) is 16.5. The Kier molecular flexibility index (Phi) is 8.70. The van der Waals surface area contributed by atoms with E-state index >= 15 is 0 Å². The van der Waals surface area contributed by atoms with Gasteiger partial charge in [0.25, 0.3) is 0 Å². The molecule has 1 aromatic carbocycles. The normalized spacial score (nSPS) is 32.5. The van der Waals surface area contributed by atoms with Gasteiger partial charge in [-0.3, -0.25) is 4.79 Å². The molecule has 0 saturated heterocycles. The molecule has 0 aromatic heterocycles. The van der Waals surface area contributed by atoms with Crippen LogP contribution in [0.1, 0.15) is 65.4 Å². The van der Waals surface area contributed by atoms with Gasteiger partial charge in [-0.1, -0.05) is 32.0 Å². The summed E-state index contributed by atoms with van der Waals surface area (Å²) in [5.41, 5.74) is -0.138. The zero-order valence-corrected chi connectivity index (χ0v) is 21.7. The third kappa shape index (κ3) is 5.75. The Balaban J connectivity index is 1.73. The third-order valence-electron chi connectivity index (χ3n) is 8.41. The third-order valence-corrected chi connectivity index (χ3v) is 8.41. The van der Waals surface area contributed by atoms with Crippen molar-refractivity contribution in [3.63, 3.8) is 0 Å². The van der Waals surface area contributed by atoms with E-state index in [-0.39, 0.29) is 42.2 Å².